The molecule has 0 fully saturated rings. The van der Waals surface area contributed by atoms with E-state index in [0.717, 1.165) is 17.7 Å². The summed E-state index contributed by atoms with van der Waals surface area (Å²) in [5.41, 5.74) is -0.457. The minimum Gasteiger partial charge on any atom is -0.484 e. The molecule has 1 amide bonds. The molecule has 0 aliphatic rings. The second-order valence-electron chi connectivity index (χ2n) is 6.53. The number of carboxylic acids is 1. The van der Waals surface area contributed by atoms with Crippen molar-refractivity contribution in [1.29, 1.82) is 0 Å². The molecule has 3 aromatic rings. The fraction of sp³-hybridized carbons (Fsp3) is 0.0909. The average molecular weight is 441 g/mol. The van der Waals surface area contributed by atoms with E-state index in [0.29, 0.717) is 5.75 Å². The van der Waals surface area contributed by atoms with Gasteiger partial charge in [0.25, 0.3) is 11.6 Å². The fourth-order valence-corrected chi connectivity index (χ4v) is 3.18. The van der Waals surface area contributed by atoms with E-state index < -0.39 is 33.6 Å². The number of ether oxygens (including phenoxy) is 1. The maximum Gasteiger partial charge on any atom is 0.336 e. The lowest BCUT2D eigenvalue weighted by Gasteiger charge is -2.17. The molecule has 0 radical (unpaired) electrons. The molecule has 3 rings (SSSR count). The number of benzene rings is 3. The van der Waals surface area contributed by atoms with Gasteiger partial charge in [-0.15, -0.1) is 0 Å². The number of carbonyl (C=O) groups excluding carboxylic acids is 1. The number of halogens is 1. The number of hydrogen-bond acceptors (Lipinski definition) is 5. The quantitative estimate of drug-likeness (QED) is 0.378. The number of nitro benzene ring substituents is 1. The molecule has 0 heterocycles. The average Bonchev–Trinajstić information content (AvgIpc) is 2.75. The van der Waals surface area contributed by atoms with E-state index in [9.17, 15) is 24.8 Å². The summed E-state index contributed by atoms with van der Waals surface area (Å²) in [6.07, 6.45) is -0.274. The van der Waals surface area contributed by atoms with Crippen LogP contribution in [-0.4, -0.2) is 21.9 Å². The van der Waals surface area contributed by atoms with Gasteiger partial charge in [0.15, 0.2) is 0 Å². The highest BCUT2D eigenvalue weighted by molar-refractivity contribution is 6.32. The number of nitrogens with one attached hydrogen (secondary N) is 1. The van der Waals surface area contributed by atoms with Crippen molar-refractivity contribution in [3.8, 4) is 5.75 Å². The van der Waals surface area contributed by atoms with Gasteiger partial charge in [0.05, 0.1) is 15.5 Å². The Morgan fingerprint density at radius 3 is 2.42 bits per heavy atom. The zero-order valence-corrected chi connectivity index (χ0v) is 17.0. The predicted octanol–water partition coefficient (Wildman–Crippen LogP) is 5.34. The maximum atomic E-state index is 12.7. The van der Waals surface area contributed by atoms with Crippen LogP contribution in [0.3, 0.4) is 0 Å². The Hall–Kier alpha value is -3.91. The Kier molecular flexibility index (Phi) is 6.52. The first-order valence-corrected chi connectivity index (χ1v) is 9.49. The van der Waals surface area contributed by atoms with Crippen molar-refractivity contribution in [2.45, 2.75) is 13.0 Å². The molecule has 158 valence electrons. The van der Waals surface area contributed by atoms with Crippen molar-refractivity contribution in [1.82, 2.24) is 0 Å². The molecule has 0 aliphatic heterocycles. The summed E-state index contributed by atoms with van der Waals surface area (Å²) in [6, 6.07) is 17.4. The minimum atomic E-state index is -1.45. The first-order valence-electron chi connectivity index (χ1n) is 9.11. The number of carboxylic acid groups (broad SMARTS) is 1. The van der Waals surface area contributed by atoms with Gasteiger partial charge in [0.1, 0.15) is 17.4 Å². The monoisotopic (exact) mass is 440 g/mol. The molecular formula is C22H17ClN2O6. The Morgan fingerprint density at radius 2 is 1.81 bits per heavy atom. The van der Waals surface area contributed by atoms with E-state index in [1.807, 2.05) is 37.3 Å². The van der Waals surface area contributed by atoms with Crippen molar-refractivity contribution < 1.29 is 24.4 Å². The second kappa shape index (κ2) is 9.27. The lowest BCUT2D eigenvalue weighted by Crippen LogP contribution is -2.18. The highest BCUT2D eigenvalue weighted by Gasteiger charge is 2.27. The van der Waals surface area contributed by atoms with Crippen molar-refractivity contribution in [3.05, 3.63) is 98.6 Å². The number of nitro groups is 1. The number of hydrogen-bond donors (Lipinski definition) is 2. The van der Waals surface area contributed by atoms with Crippen LogP contribution in [0.5, 0.6) is 5.75 Å². The lowest BCUT2D eigenvalue weighted by atomic mass is 10.0. The molecule has 9 heteroatoms. The van der Waals surface area contributed by atoms with Crippen LogP contribution in [0.1, 0.15) is 39.3 Å². The van der Waals surface area contributed by atoms with Crippen LogP contribution in [0.15, 0.2) is 66.7 Å². The number of amides is 1. The number of carbonyl (C=O) groups is 2. The molecule has 0 bridgehead atoms. The normalized spacial score (nSPS) is 11.4. The van der Waals surface area contributed by atoms with E-state index in [1.165, 1.54) is 18.2 Å². The van der Waals surface area contributed by atoms with E-state index in [-0.39, 0.29) is 16.8 Å². The number of rotatable bonds is 7. The van der Waals surface area contributed by atoms with Gasteiger partial charge in [-0.1, -0.05) is 48.0 Å². The molecule has 0 spiro atoms. The van der Waals surface area contributed by atoms with E-state index in [2.05, 4.69) is 5.32 Å². The lowest BCUT2D eigenvalue weighted by molar-refractivity contribution is -0.385. The third-order valence-corrected chi connectivity index (χ3v) is 4.75. The predicted molar refractivity (Wildman–Crippen MR) is 115 cm³/mol. The van der Waals surface area contributed by atoms with Crippen LogP contribution in [0.4, 0.5) is 11.4 Å². The van der Waals surface area contributed by atoms with Crippen molar-refractivity contribution in [3.63, 3.8) is 0 Å². The standard InChI is InChI=1S/C22H17ClN2O6/c1-13(14-6-3-2-4-7-14)31-19-11-10-15(12-17(19)23)24-21(26)20-16(22(27)28)8-5-9-18(20)25(29)30/h2-13H,1H3,(H,24,26)(H,27,28). The van der Waals surface area contributed by atoms with Crippen molar-refractivity contribution in [2.75, 3.05) is 5.32 Å². The van der Waals surface area contributed by atoms with Gasteiger partial charge < -0.3 is 15.2 Å². The molecule has 1 atom stereocenters. The van der Waals surface area contributed by atoms with Crippen LogP contribution in [-0.2, 0) is 0 Å². The van der Waals surface area contributed by atoms with Gasteiger partial charge in [0, 0.05) is 11.8 Å². The van der Waals surface area contributed by atoms with Gasteiger partial charge in [-0.25, -0.2) is 4.79 Å². The highest BCUT2D eigenvalue weighted by Crippen LogP contribution is 2.32. The molecule has 1 unspecified atom stereocenters. The highest BCUT2D eigenvalue weighted by atomic mass is 35.5. The van der Waals surface area contributed by atoms with E-state index in [1.54, 1.807) is 6.07 Å². The molecule has 0 saturated carbocycles. The van der Waals surface area contributed by atoms with Crippen LogP contribution in [0.25, 0.3) is 0 Å². The van der Waals surface area contributed by atoms with Gasteiger partial charge in [0.2, 0.25) is 0 Å². The summed E-state index contributed by atoms with van der Waals surface area (Å²) in [6.45, 7) is 1.86. The summed E-state index contributed by atoms with van der Waals surface area (Å²) < 4.78 is 5.87. The molecule has 3 aromatic carbocycles. The molecule has 31 heavy (non-hydrogen) atoms. The Labute approximate surface area is 182 Å². The molecule has 0 aliphatic carbocycles. The maximum absolute atomic E-state index is 12.7. The Balaban J connectivity index is 1.83. The zero-order valence-electron chi connectivity index (χ0n) is 16.2. The number of nitrogens with zero attached hydrogens (tertiary/aromatic N) is 1. The fourth-order valence-electron chi connectivity index (χ4n) is 2.96. The van der Waals surface area contributed by atoms with Crippen LogP contribution in [0.2, 0.25) is 5.02 Å². The molecule has 8 nitrogen and oxygen atoms in total. The van der Waals surface area contributed by atoms with Crippen LogP contribution in [0, 0.1) is 10.1 Å². The zero-order chi connectivity index (χ0) is 22.5. The van der Waals surface area contributed by atoms with Crippen molar-refractivity contribution >= 4 is 34.9 Å². The van der Waals surface area contributed by atoms with Gasteiger partial charge >= 0.3 is 5.97 Å². The third-order valence-electron chi connectivity index (χ3n) is 4.46. The molecule has 2 N–H and O–H groups in total. The van der Waals surface area contributed by atoms with Crippen LogP contribution < -0.4 is 10.1 Å². The smallest absolute Gasteiger partial charge is 0.336 e. The van der Waals surface area contributed by atoms with Crippen molar-refractivity contribution in [2.24, 2.45) is 0 Å². The summed E-state index contributed by atoms with van der Waals surface area (Å²) in [7, 11) is 0. The largest absolute Gasteiger partial charge is 0.484 e. The van der Waals surface area contributed by atoms with Gasteiger partial charge in [-0.2, -0.15) is 0 Å². The van der Waals surface area contributed by atoms with Crippen LogP contribution >= 0.6 is 11.6 Å². The first kappa shape index (κ1) is 21.8. The summed E-state index contributed by atoms with van der Waals surface area (Å²) in [5.74, 6) is -2.01. The Morgan fingerprint density at radius 1 is 1.10 bits per heavy atom. The first-order chi connectivity index (χ1) is 14.8. The van der Waals surface area contributed by atoms with E-state index >= 15 is 0 Å². The Bertz CT molecular complexity index is 1120. The third kappa shape index (κ3) is 4.99. The molecule has 0 saturated heterocycles. The SMILES string of the molecule is CC(Oc1ccc(NC(=O)c2c(C(=O)O)cccc2[N+](=O)[O-])cc1Cl)c1ccccc1. The topological polar surface area (TPSA) is 119 Å². The summed E-state index contributed by atoms with van der Waals surface area (Å²) >= 11 is 6.28. The minimum absolute atomic E-state index is 0.210. The summed E-state index contributed by atoms with van der Waals surface area (Å²) in [5, 5.41) is 23.2. The second-order valence-corrected chi connectivity index (χ2v) is 6.94. The molecular weight excluding hydrogens is 424 g/mol. The summed E-state index contributed by atoms with van der Waals surface area (Å²) in [4.78, 5) is 34.6. The number of aromatic carboxylic acids is 1. The number of anilines is 1. The van der Waals surface area contributed by atoms with Gasteiger partial charge in [-0.05, 0) is 36.8 Å². The van der Waals surface area contributed by atoms with Gasteiger partial charge in [-0.3, -0.25) is 14.9 Å². The van der Waals surface area contributed by atoms with E-state index in [4.69, 9.17) is 16.3 Å². The molecule has 0 aromatic heterocycles.